The van der Waals surface area contributed by atoms with Crippen molar-refractivity contribution >= 4 is 11.6 Å². The second-order valence-corrected chi connectivity index (χ2v) is 4.85. The van der Waals surface area contributed by atoms with Crippen LogP contribution >= 0.6 is 11.6 Å². The van der Waals surface area contributed by atoms with Crippen molar-refractivity contribution in [2.75, 3.05) is 6.54 Å². The lowest BCUT2D eigenvalue weighted by atomic mass is 10.0. The molecular formula is C14H17ClFN3. The smallest absolute Gasteiger partial charge is 0.123 e. The van der Waals surface area contributed by atoms with Gasteiger partial charge in [0.15, 0.2) is 0 Å². The summed E-state index contributed by atoms with van der Waals surface area (Å²) in [7, 11) is 1.85. The zero-order valence-electron chi connectivity index (χ0n) is 11.0. The fraction of sp³-hybridized carbons (Fsp3) is 0.357. The van der Waals surface area contributed by atoms with Crippen molar-refractivity contribution in [1.29, 1.82) is 0 Å². The van der Waals surface area contributed by atoms with Crippen LogP contribution < -0.4 is 5.32 Å². The number of benzene rings is 1. The maximum Gasteiger partial charge on any atom is 0.123 e. The van der Waals surface area contributed by atoms with Crippen LogP contribution in [0.5, 0.6) is 0 Å². The third kappa shape index (κ3) is 3.14. The molecule has 0 aliphatic heterocycles. The number of hydrogen-bond donors (Lipinski definition) is 1. The minimum atomic E-state index is -0.242. The minimum absolute atomic E-state index is 0.0828. The van der Waals surface area contributed by atoms with Gasteiger partial charge in [-0.25, -0.2) is 4.39 Å². The molecule has 1 aromatic heterocycles. The van der Waals surface area contributed by atoms with Crippen molar-refractivity contribution in [3.63, 3.8) is 0 Å². The van der Waals surface area contributed by atoms with E-state index in [1.807, 2.05) is 7.05 Å². The third-order valence-corrected chi connectivity index (χ3v) is 3.30. The first-order chi connectivity index (χ1) is 9.13. The molecule has 19 heavy (non-hydrogen) atoms. The van der Waals surface area contributed by atoms with Gasteiger partial charge in [-0.3, -0.25) is 4.68 Å². The van der Waals surface area contributed by atoms with E-state index in [1.165, 1.54) is 12.1 Å². The van der Waals surface area contributed by atoms with Crippen molar-refractivity contribution < 1.29 is 4.39 Å². The Morgan fingerprint density at radius 1 is 1.37 bits per heavy atom. The number of rotatable bonds is 5. The Labute approximate surface area is 117 Å². The van der Waals surface area contributed by atoms with E-state index in [9.17, 15) is 4.39 Å². The molecule has 2 rings (SSSR count). The largest absolute Gasteiger partial charge is 0.305 e. The molecule has 0 saturated heterocycles. The average Bonchev–Trinajstić information content (AvgIpc) is 2.73. The molecule has 3 nitrogen and oxygen atoms in total. The molecule has 102 valence electrons. The molecule has 2 aromatic rings. The highest BCUT2D eigenvalue weighted by Crippen LogP contribution is 2.27. The standard InChI is InChI=1S/C14H17ClFN3/c1-3-8-17-13(10-4-6-11(16)7-5-10)14-12(15)9-18-19(14)2/h4-7,9,13,17H,3,8H2,1-2H3. The highest BCUT2D eigenvalue weighted by atomic mass is 35.5. The molecule has 0 amide bonds. The summed E-state index contributed by atoms with van der Waals surface area (Å²) in [6.07, 6.45) is 2.63. The number of halogens is 2. The molecule has 0 radical (unpaired) electrons. The van der Waals surface area contributed by atoms with E-state index in [0.29, 0.717) is 5.02 Å². The van der Waals surface area contributed by atoms with Crippen molar-refractivity contribution in [1.82, 2.24) is 15.1 Å². The molecule has 0 bridgehead atoms. The fourth-order valence-corrected chi connectivity index (χ4v) is 2.34. The van der Waals surface area contributed by atoms with Crippen LogP contribution in [0.4, 0.5) is 4.39 Å². The van der Waals surface area contributed by atoms with E-state index in [2.05, 4.69) is 17.3 Å². The molecule has 0 saturated carbocycles. The zero-order valence-corrected chi connectivity index (χ0v) is 11.8. The minimum Gasteiger partial charge on any atom is -0.305 e. The molecule has 1 N–H and O–H groups in total. The predicted octanol–water partition coefficient (Wildman–Crippen LogP) is 3.30. The van der Waals surface area contributed by atoms with Gasteiger partial charge in [-0.15, -0.1) is 0 Å². The Kier molecular flexibility index (Phi) is 4.56. The molecule has 0 aliphatic rings. The second kappa shape index (κ2) is 6.17. The van der Waals surface area contributed by atoms with E-state index in [0.717, 1.165) is 24.2 Å². The highest BCUT2D eigenvalue weighted by molar-refractivity contribution is 6.31. The first kappa shape index (κ1) is 14.0. The van der Waals surface area contributed by atoms with Crippen LogP contribution in [0.25, 0.3) is 0 Å². The van der Waals surface area contributed by atoms with Crippen LogP contribution in [0.1, 0.15) is 30.6 Å². The second-order valence-electron chi connectivity index (χ2n) is 4.44. The highest BCUT2D eigenvalue weighted by Gasteiger charge is 2.20. The Bertz CT molecular complexity index is 517. The van der Waals surface area contributed by atoms with Gasteiger partial charge in [-0.2, -0.15) is 5.10 Å². The molecule has 1 unspecified atom stereocenters. The topological polar surface area (TPSA) is 29.9 Å². The maximum absolute atomic E-state index is 13.0. The average molecular weight is 282 g/mol. The van der Waals surface area contributed by atoms with Crippen LogP contribution in [0.15, 0.2) is 30.5 Å². The summed E-state index contributed by atoms with van der Waals surface area (Å²) >= 11 is 6.20. The number of nitrogens with zero attached hydrogens (tertiary/aromatic N) is 2. The van der Waals surface area contributed by atoms with Crippen molar-refractivity contribution in [2.24, 2.45) is 7.05 Å². The molecule has 0 fully saturated rings. The lowest BCUT2D eigenvalue weighted by Crippen LogP contribution is -2.25. The van der Waals surface area contributed by atoms with Crippen LogP contribution in [0.3, 0.4) is 0 Å². The van der Waals surface area contributed by atoms with Gasteiger partial charge < -0.3 is 5.32 Å². The predicted molar refractivity (Wildman–Crippen MR) is 74.8 cm³/mol. The summed E-state index contributed by atoms with van der Waals surface area (Å²) in [5.74, 6) is -0.242. The van der Waals surface area contributed by atoms with Crippen molar-refractivity contribution in [3.05, 3.63) is 52.6 Å². The Hall–Kier alpha value is -1.39. The van der Waals surface area contributed by atoms with Gasteiger partial charge >= 0.3 is 0 Å². The third-order valence-electron chi connectivity index (χ3n) is 3.01. The van der Waals surface area contributed by atoms with Gasteiger partial charge in [0.25, 0.3) is 0 Å². The van der Waals surface area contributed by atoms with Gasteiger partial charge in [0.2, 0.25) is 0 Å². The SMILES string of the molecule is CCCNC(c1ccc(F)cc1)c1c(Cl)cnn1C. The molecule has 1 aromatic carbocycles. The van der Waals surface area contributed by atoms with Gasteiger partial charge in [-0.05, 0) is 30.7 Å². The maximum atomic E-state index is 13.0. The molecular weight excluding hydrogens is 265 g/mol. The van der Waals surface area contributed by atoms with Gasteiger partial charge in [-0.1, -0.05) is 30.7 Å². The number of nitrogens with one attached hydrogen (secondary N) is 1. The Balaban J connectivity index is 2.38. The molecule has 5 heteroatoms. The molecule has 1 heterocycles. The van der Waals surface area contributed by atoms with Crippen LogP contribution in [0, 0.1) is 5.82 Å². The van der Waals surface area contributed by atoms with Crippen LogP contribution in [0.2, 0.25) is 5.02 Å². The van der Waals surface area contributed by atoms with E-state index in [1.54, 1.807) is 23.0 Å². The van der Waals surface area contributed by atoms with Gasteiger partial charge in [0, 0.05) is 7.05 Å². The summed E-state index contributed by atoms with van der Waals surface area (Å²) in [4.78, 5) is 0. The number of hydrogen-bond acceptors (Lipinski definition) is 2. The van der Waals surface area contributed by atoms with E-state index in [-0.39, 0.29) is 11.9 Å². The summed E-state index contributed by atoms with van der Waals surface area (Å²) < 4.78 is 14.8. The monoisotopic (exact) mass is 281 g/mol. The van der Waals surface area contributed by atoms with Gasteiger partial charge in [0.05, 0.1) is 23.0 Å². The lowest BCUT2D eigenvalue weighted by molar-refractivity contribution is 0.552. The van der Waals surface area contributed by atoms with Crippen molar-refractivity contribution in [2.45, 2.75) is 19.4 Å². The first-order valence-electron chi connectivity index (χ1n) is 6.29. The summed E-state index contributed by atoms with van der Waals surface area (Å²) in [6, 6.07) is 6.37. The summed E-state index contributed by atoms with van der Waals surface area (Å²) in [5.41, 5.74) is 1.86. The number of aromatic nitrogens is 2. The normalized spacial score (nSPS) is 12.6. The van der Waals surface area contributed by atoms with E-state index >= 15 is 0 Å². The quantitative estimate of drug-likeness (QED) is 0.911. The van der Waals surface area contributed by atoms with Gasteiger partial charge in [0.1, 0.15) is 5.82 Å². The number of aryl methyl sites for hydroxylation is 1. The summed E-state index contributed by atoms with van der Waals surface area (Å²) in [6.45, 7) is 2.95. The first-order valence-corrected chi connectivity index (χ1v) is 6.67. The van der Waals surface area contributed by atoms with E-state index < -0.39 is 0 Å². The molecule has 1 atom stereocenters. The fourth-order valence-electron chi connectivity index (χ4n) is 2.06. The molecule has 0 aliphatic carbocycles. The molecule has 0 spiro atoms. The van der Waals surface area contributed by atoms with Crippen molar-refractivity contribution in [3.8, 4) is 0 Å². The Morgan fingerprint density at radius 2 is 2.05 bits per heavy atom. The van der Waals surface area contributed by atoms with Crippen LogP contribution in [-0.2, 0) is 7.05 Å². The summed E-state index contributed by atoms with van der Waals surface area (Å²) in [5, 5.41) is 8.19. The Morgan fingerprint density at radius 3 is 2.58 bits per heavy atom. The lowest BCUT2D eigenvalue weighted by Gasteiger charge is -2.20. The van der Waals surface area contributed by atoms with Crippen LogP contribution in [-0.4, -0.2) is 16.3 Å². The zero-order chi connectivity index (χ0) is 13.8. The van der Waals surface area contributed by atoms with E-state index in [4.69, 9.17) is 11.6 Å².